The van der Waals surface area contributed by atoms with Gasteiger partial charge in [-0.1, -0.05) is 34.3 Å². The van der Waals surface area contributed by atoms with E-state index in [1.807, 2.05) is 13.8 Å². The second-order valence-electron chi connectivity index (χ2n) is 8.91. The summed E-state index contributed by atoms with van der Waals surface area (Å²) in [5, 5.41) is 13.2. The van der Waals surface area contributed by atoms with Crippen LogP contribution in [-0.2, 0) is 19.6 Å². The molecule has 2 aromatic carbocycles. The highest BCUT2D eigenvalue weighted by Crippen LogP contribution is 2.57. The summed E-state index contributed by atoms with van der Waals surface area (Å²) >= 11 is 11.9. The number of carbonyl (C=O) groups excluding carboxylic acids is 1. The summed E-state index contributed by atoms with van der Waals surface area (Å²) in [5.41, 5.74) is 2.79. The molecule has 2 fully saturated rings. The maximum atomic E-state index is 13.1. The van der Waals surface area contributed by atoms with Gasteiger partial charge < -0.3 is 10.4 Å². The lowest BCUT2D eigenvalue weighted by atomic mass is 9.78. The van der Waals surface area contributed by atoms with Crippen LogP contribution in [0.1, 0.15) is 26.7 Å². The molecule has 2 aliphatic carbocycles. The van der Waals surface area contributed by atoms with Gasteiger partial charge in [-0.15, -0.1) is 0 Å². The molecule has 4 rings (SSSR count). The van der Waals surface area contributed by atoms with E-state index in [-0.39, 0.29) is 28.3 Å². The highest BCUT2D eigenvalue weighted by molar-refractivity contribution is 7.92. The van der Waals surface area contributed by atoms with E-state index in [0.29, 0.717) is 15.7 Å². The van der Waals surface area contributed by atoms with Gasteiger partial charge in [0.1, 0.15) is 0 Å². The number of amides is 1. The fraction of sp³-hybridized carbons (Fsp3) is 0.333. The van der Waals surface area contributed by atoms with Crippen LogP contribution >= 0.6 is 23.2 Å². The molecular weight excluding hydrogens is 499 g/mol. The molecule has 0 spiro atoms. The minimum atomic E-state index is -3.92. The Balaban J connectivity index is 1.51. The molecular formula is C24H24Cl2N2O5S. The van der Waals surface area contributed by atoms with Crippen LogP contribution < -0.4 is 10.0 Å². The largest absolute Gasteiger partial charge is 0.481 e. The lowest BCUT2D eigenvalue weighted by Crippen LogP contribution is -2.37. The Morgan fingerprint density at radius 1 is 0.912 bits per heavy atom. The SMILES string of the molecule is CC(C)=C1[C@@H]2CC[C@@H]1[C@@H](C(=O)Nc1ccc(S(=O)(=O)Nc3cc(Cl)cc(Cl)c3)cc1)[C@H]2C(=O)O. The van der Waals surface area contributed by atoms with Crippen molar-refractivity contribution in [2.75, 3.05) is 10.0 Å². The number of carboxylic acids is 1. The number of anilines is 2. The summed E-state index contributed by atoms with van der Waals surface area (Å²) in [6.45, 7) is 3.93. The molecule has 2 saturated carbocycles. The Labute approximate surface area is 208 Å². The number of carboxylic acid groups (broad SMARTS) is 1. The van der Waals surface area contributed by atoms with Gasteiger partial charge >= 0.3 is 5.97 Å². The first-order chi connectivity index (χ1) is 16.0. The Morgan fingerprint density at radius 2 is 1.47 bits per heavy atom. The number of aliphatic carboxylic acids is 1. The number of hydrogen-bond acceptors (Lipinski definition) is 4. The molecule has 7 nitrogen and oxygen atoms in total. The third kappa shape index (κ3) is 4.67. The zero-order chi connectivity index (χ0) is 24.8. The first-order valence-electron chi connectivity index (χ1n) is 10.8. The van der Waals surface area contributed by atoms with Crippen molar-refractivity contribution in [1.29, 1.82) is 0 Å². The van der Waals surface area contributed by atoms with E-state index in [2.05, 4.69) is 10.0 Å². The summed E-state index contributed by atoms with van der Waals surface area (Å²) < 4.78 is 27.9. The molecule has 0 unspecified atom stereocenters. The maximum Gasteiger partial charge on any atom is 0.307 e. The second kappa shape index (κ2) is 9.24. The molecule has 2 bridgehead atoms. The summed E-state index contributed by atoms with van der Waals surface area (Å²) in [7, 11) is -3.92. The quantitative estimate of drug-likeness (QED) is 0.438. The van der Waals surface area contributed by atoms with E-state index in [1.54, 1.807) is 0 Å². The number of halogens is 2. The molecule has 2 aromatic rings. The van der Waals surface area contributed by atoms with E-state index in [4.69, 9.17) is 23.2 Å². The number of fused-ring (bicyclic) bond motifs is 2. The number of benzene rings is 2. The van der Waals surface area contributed by atoms with Crippen LogP contribution in [0.5, 0.6) is 0 Å². The summed E-state index contributed by atoms with van der Waals surface area (Å²) in [4.78, 5) is 25.1. The van der Waals surface area contributed by atoms with Crippen LogP contribution in [-0.4, -0.2) is 25.4 Å². The standard InChI is InChI=1S/C24H24Cl2N2O5S/c1-12(2)20-18-7-8-19(20)22(24(30)31)21(18)23(29)27-15-3-5-17(6-4-15)34(32,33)28-16-10-13(25)9-14(26)11-16/h3-6,9-11,18-19,21-22,28H,7-8H2,1-2H3,(H,27,29)(H,30,31)/t18-,19-,21+,22-/m0/s1. The van der Waals surface area contributed by atoms with Crippen LogP contribution in [0.2, 0.25) is 10.0 Å². The first kappa shape index (κ1) is 24.6. The van der Waals surface area contributed by atoms with Crippen LogP contribution in [0.4, 0.5) is 11.4 Å². The fourth-order valence-corrected chi connectivity index (χ4v) is 6.94. The van der Waals surface area contributed by atoms with Gasteiger partial charge in [-0.3, -0.25) is 14.3 Å². The van der Waals surface area contributed by atoms with Gasteiger partial charge in [0, 0.05) is 15.7 Å². The monoisotopic (exact) mass is 522 g/mol. The topological polar surface area (TPSA) is 113 Å². The minimum absolute atomic E-state index is 0.0169. The van der Waals surface area contributed by atoms with Crippen molar-refractivity contribution in [3.05, 3.63) is 63.7 Å². The number of sulfonamides is 1. The Hall–Kier alpha value is -2.55. The van der Waals surface area contributed by atoms with E-state index < -0.39 is 27.8 Å². The molecule has 0 saturated heterocycles. The highest BCUT2D eigenvalue weighted by Gasteiger charge is 2.57. The maximum absolute atomic E-state index is 13.1. The zero-order valence-corrected chi connectivity index (χ0v) is 20.8. The lowest BCUT2D eigenvalue weighted by Gasteiger charge is -2.26. The van der Waals surface area contributed by atoms with Gasteiger partial charge in [-0.2, -0.15) is 0 Å². The van der Waals surface area contributed by atoms with Gasteiger partial charge in [0.05, 0.1) is 22.4 Å². The van der Waals surface area contributed by atoms with Gasteiger partial charge in [0.2, 0.25) is 5.91 Å². The normalized spacial score (nSPS) is 23.6. The molecule has 1 amide bonds. The molecule has 180 valence electrons. The molecule has 0 radical (unpaired) electrons. The van der Waals surface area contributed by atoms with Crippen molar-refractivity contribution in [3.63, 3.8) is 0 Å². The number of rotatable bonds is 6. The Kier molecular flexibility index (Phi) is 6.68. The van der Waals surface area contributed by atoms with Crippen molar-refractivity contribution in [3.8, 4) is 0 Å². The molecule has 3 N–H and O–H groups in total. The Morgan fingerprint density at radius 3 is 2.00 bits per heavy atom. The molecule has 4 atom stereocenters. The van der Waals surface area contributed by atoms with E-state index >= 15 is 0 Å². The number of allylic oxidation sites excluding steroid dienone is 2. The van der Waals surface area contributed by atoms with Gasteiger partial charge in [0.25, 0.3) is 10.0 Å². The molecule has 2 aliphatic rings. The summed E-state index contributed by atoms with van der Waals surface area (Å²) in [6, 6.07) is 10.0. The van der Waals surface area contributed by atoms with Crippen LogP contribution in [0.25, 0.3) is 0 Å². The zero-order valence-electron chi connectivity index (χ0n) is 18.5. The number of hydrogen-bond donors (Lipinski definition) is 3. The third-order valence-electron chi connectivity index (χ3n) is 6.55. The molecule has 0 aromatic heterocycles. The predicted octanol–water partition coefficient (Wildman–Crippen LogP) is 5.43. The molecule has 0 heterocycles. The average molecular weight is 523 g/mol. The molecule has 0 aliphatic heterocycles. The van der Waals surface area contributed by atoms with Crippen molar-refractivity contribution < 1.29 is 23.1 Å². The summed E-state index contributed by atoms with van der Waals surface area (Å²) in [6.07, 6.45) is 1.58. The van der Waals surface area contributed by atoms with Crippen molar-refractivity contribution in [2.45, 2.75) is 31.6 Å². The smallest absolute Gasteiger partial charge is 0.307 e. The molecule has 10 heteroatoms. The van der Waals surface area contributed by atoms with Crippen molar-refractivity contribution >= 4 is 56.5 Å². The van der Waals surface area contributed by atoms with Gasteiger partial charge in [-0.05, 0) is 81.0 Å². The lowest BCUT2D eigenvalue weighted by molar-refractivity contribution is -0.148. The second-order valence-corrected chi connectivity index (χ2v) is 11.5. The van der Waals surface area contributed by atoms with Gasteiger partial charge in [-0.25, -0.2) is 8.42 Å². The van der Waals surface area contributed by atoms with E-state index in [9.17, 15) is 23.1 Å². The van der Waals surface area contributed by atoms with Gasteiger partial charge in [0.15, 0.2) is 0 Å². The summed E-state index contributed by atoms with van der Waals surface area (Å²) in [5.74, 6) is -2.91. The number of nitrogens with one attached hydrogen (secondary N) is 2. The molecule has 34 heavy (non-hydrogen) atoms. The average Bonchev–Trinajstić information content (AvgIpc) is 3.29. The third-order valence-corrected chi connectivity index (χ3v) is 8.39. The van der Waals surface area contributed by atoms with E-state index in [0.717, 1.165) is 24.0 Å². The van der Waals surface area contributed by atoms with Crippen LogP contribution in [0, 0.1) is 23.7 Å². The minimum Gasteiger partial charge on any atom is -0.481 e. The van der Waals surface area contributed by atoms with Crippen molar-refractivity contribution in [2.24, 2.45) is 23.7 Å². The Bertz CT molecular complexity index is 1270. The van der Waals surface area contributed by atoms with Crippen molar-refractivity contribution in [1.82, 2.24) is 0 Å². The highest BCUT2D eigenvalue weighted by atomic mass is 35.5. The predicted molar refractivity (Wildman–Crippen MR) is 132 cm³/mol. The van der Waals surface area contributed by atoms with E-state index in [1.165, 1.54) is 42.5 Å². The van der Waals surface area contributed by atoms with Crippen LogP contribution in [0.3, 0.4) is 0 Å². The fourth-order valence-electron chi connectivity index (χ4n) is 5.37. The number of carbonyl (C=O) groups is 2. The first-order valence-corrected chi connectivity index (χ1v) is 13.0. The van der Waals surface area contributed by atoms with Crippen LogP contribution in [0.15, 0.2) is 58.5 Å².